The molecule has 2 aromatic heterocycles. The Morgan fingerprint density at radius 3 is 1.76 bits per heavy atom. The van der Waals surface area contributed by atoms with E-state index in [4.69, 9.17) is 15.0 Å². The molecule has 0 fully saturated rings. The van der Waals surface area contributed by atoms with Crippen molar-refractivity contribution in [2.24, 2.45) is 0 Å². The summed E-state index contributed by atoms with van der Waals surface area (Å²) in [5.74, 6) is 2.05. The van der Waals surface area contributed by atoms with Gasteiger partial charge < -0.3 is 0 Å². The van der Waals surface area contributed by atoms with E-state index in [1.165, 1.54) is 89.0 Å². The summed E-state index contributed by atoms with van der Waals surface area (Å²) < 4.78 is 0. The third-order valence-corrected chi connectivity index (χ3v) is 13.3. The van der Waals surface area contributed by atoms with Gasteiger partial charge in [0, 0.05) is 29.1 Å². The summed E-state index contributed by atoms with van der Waals surface area (Å²) >= 11 is 0. The molecule has 4 nitrogen and oxygen atoms in total. The van der Waals surface area contributed by atoms with E-state index in [0.717, 1.165) is 21.9 Å². The lowest BCUT2D eigenvalue weighted by molar-refractivity contribution is 0.794. The molecule has 4 heteroatoms. The third kappa shape index (κ3) is 5.39. The number of aryl methyl sites for hydroxylation is 2. The number of rotatable bonds is 5. The van der Waals surface area contributed by atoms with Crippen molar-refractivity contribution in [3.8, 4) is 78.4 Å². The number of aromatic nitrogens is 4. The maximum atomic E-state index is 5.18. The number of nitrogens with zero attached hydrogens (tertiary/aromatic N) is 4. The predicted octanol–water partition coefficient (Wildman–Crippen LogP) is 14.0. The fourth-order valence-electron chi connectivity index (χ4n) is 10.3. The Morgan fingerprint density at radius 2 is 0.935 bits per heavy atom. The van der Waals surface area contributed by atoms with E-state index in [9.17, 15) is 0 Å². The topological polar surface area (TPSA) is 51.6 Å². The van der Waals surface area contributed by atoms with Crippen LogP contribution in [0.4, 0.5) is 0 Å². The van der Waals surface area contributed by atoms with Gasteiger partial charge in [-0.15, -0.1) is 0 Å². The Bertz CT molecular complexity index is 3450. The highest BCUT2D eigenvalue weighted by molar-refractivity contribution is 5.98. The first-order valence-electron chi connectivity index (χ1n) is 21.3. The Balaban J connectivity index is 0.980. The molecule has 0 amide bonds. The zero-order chi connectivity index (χ0) is 41.5. The van der Waals surface area contributed by atoms with Crippen molar-refractivity contribution >= 4 is 10.8 Å². The first-order valence-corrected chi connectivity index (χ1v) is 21.3. The number of fused-ring (bicyclic) bond motifs is 11. The van der Waals surface area contributed by atoms with Crippen LogP contribution in [0.25, 0.3) is 89.2 Å². The zero-order valence-electron chi connectivity index (χ0n) is 34.7. The predicted molar refractivity (Wildman–Crippen MR) is 253 cm³/mol. The minimum atomic E-state index is -0.512. The fraction of sp³-hybridized carbons (Fsp3) is 0.0690. The van der Waals surface area contributed by atoms with Crippen molar-refractivity contribution in [3.05, 3.63) is 228 Å². The summed E-state index contributed by atoms with van der Waals surface area (Å²) in [4.78, 5) is 19.5. The van der Waals surface area contributed by atoms with Gasteiger partial charge in [-0.1, -0.05) is 158 Å². The van der Waals surface area contributed by atoms with Gasteiger partial charge in [0.05, 0.1) is 5.41 Å². The molecular formula is C58H40N4. The highest BCUT2D eigenvalue weighted by atomic mass is 15.0. The van der Waals surface area contributed by atoms with Crippen LogP contribution in [-0.4, -0.2) is 19.9 Å². The first-order chi connectivity index (χ1) is 30.5. The largest absolute Gasteiger partial charge is 0.264 e. The third-order valence-electron chi connectivity index (χ3n) is 13.3. The summed E-state index contributed by atoms with van der Waals surface area (Å²) in [5.41, 5.74) is 21.2. The molecule has 1 unspecified atom stereocenters. The second kappa shape index (κ2) is 13.9. The maximum absolute atomic E-state index is 5.18. The average molecular weight is 793 g/mol. The SMILES string of the molecule is Cc1nc(-c2ccc3c(c2)C2(c4ccccc4-c4cc(-c5cccc(-c6ccc(-c7cncc(C)c7C)cc6)c5)ccc42)c2ccccc2-3)nc(-c2cccc3ccccc23)n1. The molecule has 10 aromatic rings. The highest BCUT2D eigenvalue weighted by Gasteiger charge is 2.51. The Hall–Kier alpha value is -7.82. The van der Waals surface area contributed by atoms with Gasteiger partial charge in [-0.05, 0) is 133 Å². The molecule has 12 rings (SSSR count). The van der Waals surface area contributed by atoms with E-state index in [0.29, 0.717) is 17.5 Å². The molecule has 0 bridgehead atoms. The van der Waals surface area contributed by atoms with Gasteiger partial charge in [-0.3, -0.25) is 4.98 Å². The summed E-state index contributed by atoms with van der Waals surface area (Å²) in [6.45, 7) is 6.25. The van der Waals surface area contributed by atoms with Crippen LogP contribution in [0.5, 0.6) is 0 Å². The first kappa shape index (κ1) is 36.1. The van der Waals surface area contributed by atoms with Crippen molar-refractivity contribution in [1.82, 2.24) is 19.9 Å². The maximum Gasteiger partial charge on any atom is 0.164 e. The van der Waals surface area contributed by atoms with E-state index in [2.05, 4.69) is 195 Å². The second-order valence-corrected chi connectivity index (χ2v) is 16.7. The molecule has 0 saturated heterocycles. The molecule has 1 atom stereocenters. The van der Waals surface area contributed by atoms with E-state index in [1.54, 1.807) is 0 Å². The van der Waals surface area contributed by atoms with Gasteiger partial charge in [-0.25, -0.2) is 15.0 Å². The van der Waals surface area contributed by atoms with Crippen LogP contribution in [0.15, 0.2) is 188 Å². The highest BCUT2D eigenvalue weighted by Crippen LogP contribution is 2.63. The monoisotopic (exact) mass is 792 g/mol. The van der Waals surface area contributed by atoms with Crippen LogP contribution in [-0.2, 0) is 5.41 Å². The number of benzene rings is 8. The van der Waals surface area contributed by atoms with E-state index in [-0.39, 0.29) is 0 Å². The number of hydrogen-bond acceptors (Lipinski definition) is 4. The molecule has 292 valence electrons. The van der Waals surface area contributed by atoms with Gasteiger partial charge >= 0.3 is 0 Å². The van der Waals surface area contributed by atoms with E-state index in [1.807, 2.05) is 19.3 Å². The van der Waals surface area contributed by atoms with E-state index < -0.39 is 5.41 Å². The van der Waals surface area contributed by atoms with Crippen LogP contribution >= 0.6 is 0 Å². The minimum absolute atomic E-state index is 0.512. The molecular weight excluding hydrogens is 753 g/mol. The summed E-state index contributed by atoms with van der Waals surface area (Å²) in [5, 5.41) is 2.29. The second-order valence-electron chi connectivity index (χ2n) is 16.7. The van der Waals surface area contributed by atoms with Crippen LogP contribution < -0.4 is 0 Å². The van der Waals surface area contributed by atoms with Gasteiger partial charge in [0.2, 0.25) is 0 Å². The van der Waals surface area contributed by atoms with Crippen molar-refractivity contribution in [2.45, 2.75) is 26.2 Å². The van der Waals surface area contributed by atoms with Gasteiger partial charge in [0.1, 0.15) is 5.82 Å². The quantitative estimate of drug-likeness (QED) is 0.174. The van der Waals surface area contributed by atoms with Crippen molar-refractivity contribution in [2.75, 3.05) is 0 Å². The molecule has 8 aromatic carbocycles. The summed E-state index contributed by atoms with van der Waals surface area (Å²) in [7, 11) is 0. The van der Waals surface area contributed by atoms with Gasteiger partial charge in [-0.2, -0.15) is 0 Å². The molecule has 0 radical (unpaired) electrons. The van der Waals surface area contributed by atoms with Crippen LogP contribution in [0.2, 0.25) is 0 Å². The van der Waals surface area contributed by atoms with Crippen LogP contribution in [0, 0.1) is 20.8 Å². The van der Waals surface area contributed by atoms with Crippen molar-refractivity contribution in [1.29, 1.82) is 0 Å². The van der Waals surface area contributed by atoms with Crippen LogP contribution in [0.1, 0.15) is 39.2 Å². The molecule has 2 aliphatic carbocycles. The Labute approximate surface area is 361 Å². The Morgan fingerprint density at radius 1 is 0.355 bits per heavy atom. The van der Waals surface area contributed by atoms with E-state index >= 15 is 0 Å². The number of pyridine rings is 1. The van der Waals surface area contributed by atoms with Gasteiger partial charge in [0.25, 0.3) is 0 Å². The van der Waals surface area contributed by atoms with Crippen LogP contribution in [0.3, 0.4) is 0 Å². The summed E-state index contributed by atoms with van der Waals surface area (Å²) in [6.07, 6.45) is 3.90. The minimum Gasteiger partial charge on any atom is -0.264 e. The average Bonchev–Trinajstić information content (AvgIpc) is 3.79. The molecule has 1 spiro atoms. The molecule has 62 heavy (non-hydrogen) atoms. The summed E-state index contributed by atoms with van der Waals surface area (Å²) in [6, 6.07) is 64.4. The molecule has 2 heterocycles. The normalized spacial score (nSPS) is 14.4. The molecule has 0 saturated carbocycles. The standard InChI is InChI=1S/C58H40N4/c1-35-33-59-34-51(36(35)2)40-24-22-38(23-25-40)41-14-10-15-42(30-41)43-27-29-54-50(31-43)47-18-7-9-21-53(47)58(54)52-20-8-6-17-46(52)48-28-26-44(32-55(48)58)56-60-37(3)61-57(62-56)49-19-11-13-39-12-4-5-16-45(39)49/h4-34H,1-3H3. The lowest BCUT2D eigenvalue weighted by Gasteiger charge is -2.30. The van der Waals surface area contributed by atoms with Gasteiger partial charge in [0.15, 0.2) is 11.6 Å². The molecule has 0 aliphatic heterocycles. The Kier molecular flexibility index (Phi) is 8.07. The smallest absolute Gasteiger partial charge is 0.164 e. The van der Waals surface area contributed by atoms with Crippen molar-refractivity contribution < 1.29 is 0 Å². The van der Waals surface area contributed by atoms with Crippen molar-refractivity contribution in [3.63, 3.8) is 0 Å². The molecule has 0 N–H and O–H groups in total. The molecule has 2 aliphatic rings. The lowest BCUT2D eigenvalue weighted by atomic mass is 9.70. The fourth-order valence-corrected chi connectivity index (χ4v) is 10.3. The zero-order valence-corrected chi connectivity index (χ0v) is 34.7. The number of hydrogen-bond donors (Lipinski definition) is 0. The lowest BCUT2D eigenvalue weighted by Crippen LogP contribution is -2.25.